The van der Waals surface area contributed by atoms with Crippen LogP contribution in [-0.4, -0.2) is 20.7 Å². The van der Waals surface area contributed by atoms with E-state index in [1.54, 1.807) is 19.1 Å². The molecule has 1 saturated carbocycles. The molecule has 0 aromatic heterocycles. The van der Waals surface area contributed by atoms with Crippen molar-refractivity contribution in [1.82, 2.24) is 0 Å². The molecule has 1 aliphatic carbocycles. The van der Waals surface area contributed by atoms with Gasteiger partial charge in [-0.05, 0) is 42.5 Å². The standard InChI is InChI=1S/C13H19NO2S/c1-3-17(15,16)12-6-4-11(5-7-12)14-10-13(2)8-9-13/h4-7,14H,3,8-10H2,1-2H3. The van der Waals surface area contributed by atoms with Crippen molar-refractivity contribution in [1.29, 1.82) is 0 Å². The highest BCUT2D eigenvalue weighted by atomic mass is 32.2. The van der Waals surface area contributed by atoms with Crippen LogP contribution in [0.5, 0.6) is 0 Å². The summed E-state index contributed by atoms with van der Waals surface area (Å²) in [6, 6.07) is 7.04. The molecule has 0 radical (unpaired) electrons. The summed E-state index contributed by atoms with van der Waals surface area (Å²) in [5.41, 5.74) is 1.45. The van der Waals surface area contributed by atoms with Gasteiger partial charge in [0.15, 0.2) is 9.84 Å². The third-order valence-corrected chi connectivity index (χ3v) is 5.17. The topological polar surface area (TPSA) is 46.2 Å². The van der Waals surface area contributed by atoms with Crippen molar-refractivity contribution >= 4 is 15.5 Å². The van der Waals surface area contributed by atoms with Crippen molar-refractivity contribution in [2.45, 2.75) is 31.6 Å². The van der Waals surface area contributed by atoms with Crippen molar-refractivity contribution in [2.24, 2.45) is 5.41 Å². The average molecular weight is 253 g/mol. The predicted molar refractivity (Wildman–Crippen MR) is 70.0 cm³/mol. The Morgan fingerprint density at radius 2 is 1.82 bits per heavy atom. The van der Waals surface area contributed by atoms with E-state index in [1.807, 2.05) is 12.1 Å². The first-order valence-corrected chi connectivity index (χ1v) is 7.67. The van der Waals surface area contributed by atoms with E-state index in [0.29, 0.717) is 10.3 Å². The fraction of sp³-hybridized carbons (Fsp3) is 0.538. The second-order valence-corrected chi connectivity index (χ2v) is 7.37. The molecule has 94 valence electrons. The van der Waals surface area contributed by atoms with E-state index >= 15 is 0 Å². The lowest BCUT2D eigenvalue weighted by molar-refractivity contribution is 0.597. The molecular formula is C13H19NO2S. The first kappa shape index (κ1) is 12.4. The zero-order valence-electron chi connectivity index (χ0n) is 10.4. The van der Waals surface area contributed by atoms with Crippen LogP contribution in [0.2, 0.25) is 0 Å². The summed E-state index contributed by atoms with van der Waals surface area (Å²) in [7, 11) is -3.07. The first-order valence-electron chi connectivity index (χ1n) is 6.02. The molecule has 3 nitrogen and oxygen atoms in total. The first-order chi connectivity index (χ1) is 7.95. The van der Waals surface area contributed by atoms with Crippen molar-refractivity contribution in [2.75, 3.05) is 17.6 Å². The van der Waals surface area contributed by atoms with Crippen molar-refractivity contribution < 1.29 is 8.42 Å². The van der Waals surface area contributed by atoms with Gasteiger partial charge < -0.3 is 5.32 Å². The molecule has 0 bridgehead atoms. The van der Waals surface area contributed by atoms with Crippen LogP contribution in [0, 0.1) is 5.41 Å². The maximum absolute atomic E-state index is 11.6. The number of hydrogen-bond acceptors (Lipinski definition) is 3. The molecule has 0 saturated heterocycles. The minimum absolute atomic E-state index is 0.151. The van der Waals surface area contributed by atoms with Gasteiger partial charge >= 0.3 is 0 Å². The maximum atomic E-state index is 11.6. The normalized spacial score (nSPS) is 17.8. The average Bonchev–Trinajstić information content (AvgIpc) is 3.06. The van der Waals surface area contributed by atoms with Gasteiger partial charge in [0.2, 0.25) is 0 Å². The third-order valence-electron chi connectivity index (χ3n) is 3.42. The predicted octanol–water partition coefficient (Wildman–Crippen LogP) is 2.69. The molecule has 0 heterocycles. The monoisotopic (exact) mass is 253 g/mol. The van der Waals surface area contributed by atoms with Gasteiger partial charge in [-0.25, -0.2) is 8.42 Å². The molecule has 0 atom stereocenters. The Balaban J connectivity index is 2.03. The van der Waals surface area contributed by atoms with Gasteiger partial charge in [0.25, 0.3) is 0 Å². The Hall–Kier alpha value is -1.03. The third kappa shape index (κ3) is 3.00. The minimum Gasteiger partial charge on any atom is -0.384 e. The fourth-order valence-corrected chi connectivity index (χ4v) is 2.54. The quantitative estimate of drug-likeness (QED) is 0.877. The fourth-order valence-electron chi connectivity index (χ4n) is 1.65. The van der Waals surface area contributed by atoms with Gasteiger partial charge in [0, 0.05) is 12.2 Å². The Bertz CT molecular complexity index is 487. The highest BCUT2D eigenvalue weighted by molar-refractivity contribution is 7.91. The molecule has 1 aromatic rings. The van der Waals surface area contributed by atoms with Crippen LogP contribution < -0.4 is 5.32 Å². The van der Waals surface area contributed by atoms with Crippen LogP contribution in [0.15, 0.2) is 29.2 Å². The Morgan fingerprint density at radius 1 is 1.24 bits per heavy atom. The largest absolute Gasteiger partial charge is 0.384 e. The molecule has 4 heteroatoms. The number of rotatable bonds is 5. The Labute approximate surface area is 103 Å². The molecule has 1 fully saturated rings. The van der Waals surface area contributed by atoms with E-state index in [1.165, 1.54) is 12.8 Å². The van der Waals surface area contributed by atoms with E-state index in [0.717, 1.165) is 12.2 Å². The molecule has 1 N–H and O–H groups in total. The van der Waals surface area contributed by atoms with Crippen molar-refractivity contribution in [3.05, 3.63) is 24.3 Å². The van der Waals surface area contributed by atoms with E-state index in [4.69, 9.17) is 0 Å². The van der Waals surface area contributed by atoms with Gasteiger partial charge in [-0.2, -0.15) is 0 Å². The second-order valence-electron chi connectivity index (χ2n) is 5.09. The summed E-state index contributed by atoms with van der Waals surface area (Å²) in [5, 5.41) is 3.35. The van der Waals surface area contributed by atoms with E-state index in [-0.39, 0.29) is 5.75 Å². The molecular weight excluding hydrogens is 234 g/mol. The van der Waals surface area contributed by atoms with Gasteiger partial charge in [-0.15, -0.1) is 0 Å². The van der Waals surface area contributed by atoms with Crippen molar-refractivity contribution in [3.8, 4) is 0 Å². The number of sulfone groups is 1. The summed E-state index contributed by atoms with van der Waals surface area (Å²) < 4.78 is 23.2. The lowest BCUT2D eigenvalue weighted by Crippen LogP contribution is -2.11. The van der Waals surface area contributed by atoms with E-state index < -0.39 is 9.84 Å². The highest BCUT2D eigenvalue weighted by Crippen LogP contribution is 2.44. The van der Waals surface area contributed by atoms with E-state index in [2.05, 4.69) is 12.2 Å². The molecule has 1 aromatic carbocycles. The van der Waals surface area contributed by atoms with Gasteiger partial charge in [0.05, 0.1) is 10.6 Å². The molecule has 0 spiro atoms. The molecule has 17 heavy (non-hydrogen) atoms. The van der Waals surface area contributed by atoms with E-state index in [9.17, 15) is 8.42 Å². The number of nitrogens with one attached hydrogen (secondary N) is 1. The number of benzene rings is 1. The molecule has 0 amide bonds. The summed E-state index contributed by atoms with van der Waals surface area (Å²) in [6.45, 7) is 4.89. The van der Waals surface area contributed by atoms with Crippen LogP contribution in [0.25, 0.3) is 0 Å². The molecule has 0 aliphatic heterocycles. The van der Waals surface area contributed by atoms with Crippen LogP contribution >= 0.6 is 0 Å². The number of anilines is 1. The second kappa shape index (κ2) is 4.33. The van der Waals surface area contributed by atoms with Crippen LogP contribution in [0.3, 0.4) is 0 Å². The van der Waals surface area contributed by atoms with Gasteiger partial charge in [-0.1, -0.05) is 13.8 Å². The SMILES string of the molecule is CCS(=O)(=O)c1ccc(NCC2(C)CC2)cc1. The zero-order chi connectivity index (χ0) is 12.5. The maximum Gasteiger partial charge on any atom is 0.178 e. The summed E-state index contributed by atoms with van der Waals surface area (Å²) in [4.78, 5) is 0.406. The van der Waals surface area contributed by atoms with Gasteiger partial charge in [0.1, 0.15) is 0 Å². The molecule has 2 rings (SSSR count). The lowest BCUT2D eigenvalue weighted by atomic mass is 10.1. The number of hydrogen-bond donors (Lipinski definition) is 1. The summed E-state index contributed by atoms with van der Waals surface area (Å²) in [5.74, 6) is 0.151. The van der Waals surface area contributed by atoms with Crippen LogP contribution in [0.1, 0.15) is 26.7 Å². The molecule has 0 unspecified atom stereocenters. The lowest BCUT2D eigenvalue weighted by Gasteiger charge is -2.11. The van der Waals surface area contributed by atoms with Crippen LogP contribution in [-0.2, 0) is 9.84 Å². The van der Waals surface area contributed by atoms with Crippen molar-refractivity contribution in [3.63, 3.8) is 0 Å². The van der Waals surface area contributed by atoms with Crippen LogP contribution in [0.4, 0.5) is 5.69 Å². The summed E-state index contributed by atoms with van der Waals surface area (Å²) >= 11 is 0. The smallest absolute Gasteiger partial charge is 0.178 e. The van der Waals surface area contributed by atoms with Gasteiger partial charge in [-0.3, -0.25) is 0 Å². The summed E-state index contributed by atoms with van der Waals surface area (Å²) in [6.07, 6.45) is 2.56. The highest BCUT2D eigenvalue weighted by Gasteiger charge is 2.36. The molecule has 1 aliphatic rings. The Morgan fingerprint density at radius 3 is 2.29 bits per heavy atom. The minimum atomic E-state index is -3.07. The Kier molecular flexibility index (Phi) is 3.17. The zero-order valence-corrected chi connectivity index (χ0v) is 11.2.